The van der Waals surface area contributed by atoms with E-state index in [-0.39, 0.29) is 29.6 Å². The Morgan fingerprint density at radius 3 is 1.71 bits per heavy atom. The Kier molecular flexibility index (Phi) is 9.14. The SMILES string of the molecule is CCCCCCCn1c(-c2ccccc2)nc(-c2ccccc2)c1-c1ccccc1.[Na+]. The first kappa shape index (κ1) is 23.5. The van der Waals surface area contributed by atoms with E-state index in [4.69, 9.17) is 4.98 Å². The van der Waals surface area contributed by atoms with Crippen LogP contribution in [-0.2, 0) is 6.54 Å². The van der Waals surface area contributed by atoms with Crippen molar-refractivity contribution in [2.75, 3.05) is 0 Å². The number of hydrogen-bond donors (Lipinski definition) is 0. The standard InChI is InChI=1S/C28H30N2.Na/c1-2-3-4-5-15-22-30-27(24-18-11-7-12-19-24)26(23-16-9-6-10-17-23)29-28(30)25-20-13-8-14-21-25;/h6-14,16-21H,2-5,15,22H2,1H3;/q;+1. The minimum Gasteiger partial charge on any atom is -0.323 e. The molecular weight excluding hydrogens is 387 g/mol. The van der Waals surface area contributed by atoms with Gasteiger partial charge in [0.25, 0.3) is 0 Å². The number of rotatable bonds is 9. The van der Waals surface area contributed by atoms with Crippen molar-refractivity contribution >= 4 is 0 Å². The summed E-state index contributed by atoms with van der Waals surface area (Å²) in [5.41, 5.74) is 5.84. The predicted molar refractivity (Wildman–Crippen MR) is 127 cm³/mol. The smallest absolute Gasteiger partial charge is 0.323 e. The summed E-state index contributed by atoms with van der Waals surface area (Å²) in [6, 6.07) is 31.9. The molecule has 0 unspecified atom stereocenters. The Balaban J connectivity index is 0.00000272. The second-order valence-electron chi connectivity index (χ2n) is 7.80. The Morgan fingerprint density at radius 1 is 0.613 bits per heavy atom. The molecule has 0 spiro atoms. The van der Waals surface area contributed by atoms with Crippen molar-refractivity contribution in [3.63, 3.8) is 0 Å². The molecule has 1 aromatic heterocycles. The maximum Gasteiger partial charge on any atom is 1.00 e. The van der Waals surface area contributed by atoms with Crippen molar-refractivity contribution in [3.05, 3.63) is 91.0 Å². The fourth-order valence-electron chi connectivity index (χ4n) is 4.04. The van der Waals surface area contributed by atoms with E-state index >= 15 is 0 Å². The van der Waals surface area contributed by atoms with Gasteiger partial charge in [-0.15, -0.1) is 0 Å². The van der Waals surface area contributed by atoms with Crippen LogP contribution in [0.4, 0.5) is 0 Å². The first-order valence-corrected chi connectivity index (χ1v) is 11.1. The fourth-order valence-corrected chi connectivity index (χ4v) is 4.04. The zero-order chi connectivity index (χ0) is 20.6. The van der Waals surface area contributed by atoms with Crippen LogP contribution in [0.25, 0.3) is 33.9 Å². The van der Waals surface area contributed by atoms with Crippen molar-refractivity contribution in [1.82, 2.24) is 9.55 Å². The van der Waals surface area contributed by atoms with Gasteiger partial charge >= 0.3 is 29.6 Å². The molecule has 4 rings (SSSR count). The van der Waals surface area contributed by atoms with Gasteiger partial charge in [0.05, 0.1) is 11.4 Å². The summed E-state index contributed by atoms with van der Waals surface area (Å²) in [5, 5.41) is 0. The topological polar surface area (TPSA) is 17.8 Å². The third-order valence-corrected chi connectivity index (χ3v) is 5.58. The number of hydrogen-bond acceptors (Lipinski definition) is 1. The summed E-state index contributed by atoms with van der Waals surface area (Å²) in [4.78, 5) is 5.21. The average molecular weight is 418 g/mol. The van der Waals surface area contributed by atoms with Crippen LogP contribution in [0, 0.1) is 0 Å². The van der Waals surface area contributed by atoms with E-state index in [1.54, 1.807) is 0 Å². The zero-order valence-electron chi connectivity index (χ0n) is 18.8. The maximum absolute atomic E-state index is 5.21. The van der Waals surface area contributed by atoms with Gasteiger partial charge in [-0.1, -0.05) is 124 Å². The molecule has 0 aliphatic heterocycles. The van der Waals surface area contributed by atoms with Gasteiger partial charge in [0.2, 0.25) is 0 Å². The molecule has 4 aromatic rings. The maximum atomic E-state index is 5.21. The summed E-state index contributed by atoms with van der Waals surface area (Å²) in [6.07, 6.45) is 6.32. The van der Waals surface area contributed by atoms with E-state index < -0.39 is 0 Å². The molecule has 0 atom stereocenters. The number of unbranched alkanes of at least 4 members (excludes halogenated alkanes) is 4. The van der Waals surface area contributed by atoms with Gasteiger partial charge in [-0.05, 0) is 6.42 Å². The summed E-state index contributed by atoms with van der Waals surface area (Å²) < 4.78 is 2.44. The van der Waals surface area contributed by atoms with Crippen LogP contribution < -0.4 is 29.6 Å². The number of aromatic nitrogens is 2. The third-order valence-electron chi connectivity index (χ3n) is 5.58. The molecule has 0 saturated heterocycles. The van der Waals surface area contributed by atoms with Crippen molar-refractivity contribution in [1.29, 1.82) is 0 Å². The van der Waals surface area contributed by atoms with Gasteiger partial charge in [0.1, 0.15) is 5.82 Å². The predicted octanol–water partition coefficient (Wildman–Crippen LogP) is 4.86. The Bertz CT molecular complexity index is 1040. The minimum absolute atomic E-state index is 0. The molecule has 0 amide bonds. The molecule has 3 heteroatoms. The van der Waals surface area contributed by atoms with Gasteiger partial charge in [-0.3, -0.25) is 0 Å². The molecule has 1 heterocycles. The third kappa shape index (κ3) is 5.77. The van der Waals surface area contributed by atoms with Crippen molar-refractivity contribution in [2.45, 2.75) is 45.6 Å². The van der Waals surface area contributed by atoms with Crippen molar-refractivity contribution < 1.29 is 29.6 Å². The van der Waals surface area contributed by atoms with Crippen LogP contribution in [0.15, 0.2) is 91.0 Å². The van der Waals surface area contributed by atoms with Crippen LogP contribution >= 0.6 is 0 Å². The van der Waals surface area contributed by atoms with Crippen molar-refractivity contribution in [3.8, 4) is 33.9 Å². The summed E-state index contributed by atoms with van der Waals surface area (Å²) >= 11 is 0. The molecule has 0 fully saturated rings. The number of benzene rings is 3. The summed E-state index contributed by atoms with van der Waals surface area (Å²) in [6.45, 7) is 3.25. The van der Waals surface area contributed by atoms with E-state index in [1.165, 1.54) is 54.5 Å². The molecule has 0 saturated carbocycles. The van der Waals surface area contributed by atoms with Gasteiger partial charge in [0, 0.05) is 23.2 Å². The first-order chi connectivity index (χ1) is 14.9. The van der Waals surface area contributed by atoms with Crippen LogP contribution in [0.3, 0.4) is 0 Å². The summed E-state index contributed by atoms with van der Waals surface area (Å²) in [5.74, 6) is 1.06. The second kappa shape index (κ2) is 12.0. The molecule has 0 aliphatic rings. The number of imidazole rings is 1. The van der Waals surface area contributed by atoms with E-state index in [1.807, 2.05) is 0 Å². The zero-order valence-corrected chi connectivity index (χ0v) is 20.8. The molecule has 0 radical (unpaired) electrons. The largest absolute Gasteiger partial charge is 1.00 e. The molecule has 0 N–H and O–H groups in total. The second-order valence-corrected chi connectivity index (χ2v) is 7.80. The van der Waals surface area contributed by atoms with E-state index in [0.717, 1.165) is 18.1 Å². The first-order valence-electron chi connectivity index (χ1n) is 11.1. The van der Waals surface area contributed by atoms with Crippen LogP contribution in [0.1, 0.15) is 39.0 Å². The quantitative estimate of drug-likeness (QED) is 0.281. The Labute approximate surface area is 208 Å². The Morgan fingerprint density at radius 2 is 1.13 bits per heavy atom. The van der Waals surface area contributed by atoms with Crippen LogP contribution in [-0.4, -0.2) is 9.55 Å². The van der Waals surface area contributed by atoms with Crippen LogP contribution in [0.2, 0.25) is 0 Å². The average Bonchev–Trinajstić information content (AvgIpc) is 3.20. The molecule has 2 nitrogen and oxygen atoms in total. The van der Waals surface area contributed by atoms with E-state index in [9.17, 15) is 0 Å². The molecule has 0 aliphatic carbocycles. The Hall–Kier alpha value is -2.13. The summed E-state index contributed by atoms with van der Waals surface area (Å²) in [7, 11) is 0. The van der Waals surface area contributed by atoms with Crippen LogP contribution in [0.5, 0.6) is 0 Å². The van der Waals surface area contributed by atoms with Gasteiger partial charge < -0.3 is 4.57 Å². The minimum atomic E-state index is 0. The molecule has 31 heavy (non-hydrogen) atoms. The molecule has 3 aromatic carbocycles. The molecular formula is C28H30N2Na+. The van der Waals surface area contributed by atoms with E-state index in [0.29, 0.717) is 0 Å². The van der Waals surface area contributed by atoms with Gasteiger partial charge in [-0.25, -0.2) is 4.98 Å². The molecule has 152 valence electrons. The van der Waals surface area contributed by atoms with Gasteiger partial charge in [-0.2, -0.15) is 0 Å². The fraction of sp³-hybridized carbons (Fsp3) is 0.250. The monoisotopic (exact) mass is 417 g/mol. The number of nitrogens with zero attached hydrogens (tertiary/aromatic N) is 2. The van der Waals surface area contributed by atoms with Crippen molar-refractivity contribution in [2.24, 2.45) is 0 Å². The van der Waals surface area contributed by atoms with Gasteiger partial charge in [0.15, 0.2) is 0 Å². The molecule has 0 bridgehead atoms. The normalized spacial score (nSPS) is 10.6. The van der Waals surface area contributed by atoms with E-state index in [2.05, 4.69) is 102 Å².